The van der Waals surface area contributed by atoms with E-state index in [0.717, 1.165) is 32.5 Å². The van der Waals surface area contributed by atoms with Gasteiger partial charge in [-0.1, -0.05) is 19.9 Å². The maximum absolute atomic E-state index is 5.05. The van der Waals surface area contributed by atoms with Gasteiger partial charge in [-0.25, -0.2) is 0 Å². The number of pyridine rings is 1. The van der Waals surface area contributed by atoms with E-state index in [9.17, 15) is 0 Å². The first-order valence-corrected chi connectivity index (χ1v) is 6.39. The predicted molar refractivity (Wildman–Crippen MR) is 71.2 cm³/mol. The van der Waals surface area contributed by atoms with E-state index in [4.69, 9.17) is 4.74 Å². The van der Waals surface area contributed by atoms with Gasteiger partial charge in [-0.3, -0.25) is 4.98 Å². The minimum absolute atomic E-state index is 0.196. The van der Waals surface area contributed by atoms with Gasteiger partial charge in [0, 0.05) is 38.0 Å². The average molecular weight is 236 g/mol. The highest BCUT2D eigenvalue weighted by Gasteiger charge is 2.27. The second-order valence-corrected chi connectivity index (χ2v) is 4.40. The monoisotopic (exact) mass is 236 g/mol. The lowest BCUT2D eigenvalue weighted by Gasteiger charge is -2.32. The van der Waals surface area contributed by atoms with E-state index in [1.54, 1.807) is 7.11 Å². The summed E-state index contributed by atoms with van der Waals surface area (Å²) in [5.41, 5.74) is 1.53. The molecule has 3 nitrogen and oxygen atoms in total. The van der Waals surface area contributed by atoms with E-state index >= 15 is 0 Å². The topological polar surface area (TPSA) is 34.1 Å². The first kappa shape index (κ1) is 14.1. The summed E-state index contributed by atoms with van der Waals surface area (Å²) in [4.78, 5) is 4.24. The summed E-state index contributed by atoms with van der Waals surface area (Å²) in [6, 6.07) is 4.20. The second-order valence-electron chi connectivity index (χ2n) is 4.40. The van der Waals surface area contributed by atoms with Crippen LogP contribution in [0.1, 0.15) is 32.3 Å². The lowest BCUT2D eigenvalue weighted by Crippen LogP contribution is -2.38. The van der Waals surface area contributed by atoms with Crippen LogP contribution in [0.4, 0.5) is 0 Å². The molecule has 0 aliphatic heterocycles. The molecule has 3 heteroatoms. The van der Waals surface area contributed by atoms with Crippen LogP contribution in [0.5, 0.6) is 0 Å². The Morgan fingerprint density at radius 2 is 2.12 bits per heavy atom. The maximum Gasteiger partial charge on any atom is 0.0587 e. The maximum atomic E-state index is 5.05. The molecule has 0 unspecified atom stereocenters. The van der Waals surface area contributed by atoms with E-state index in [2.05, 4.69) is 30.2 Å². The highest BCUT2D eigenvalue weighted by Crippen LogP contribution is 2.30. The molecule has 0 saturated heterocycles. The molecular formula is C14H24N2O. The third-order valence-corrected chi connectivity index (χ3v) is 3.57. The number of nitrogens with one attached hydrogen (secondary N) is 1. The Morgan fingerprint density at radius 3 is 2.65 bits per heavy atom. The Hall–Kier alpha value is -0.930. The lowest BCUT2D eigenvalue weighted by molar-refractivity contribution is 0.195. The summed E-state index contributed by atoms with van der Waals surface area (Å²) in [7, 11) is 1.73. The fourth-order valence-corrected chi connectivity index (χ4v) is 2.19. The zero-order chi connectivity index (χ0) is 12.6. The minimum Gasteiger partial charge on any atom is -0.383 e. The van der Waals surface area contributed by atoms with Crippen LogP contribution < -0.4 is 5.32 Å². The molecule has 1 aromatic heterocycles. The first-order valence-electron chi connectivity index (χ1n) is 6.39. The van der Waals surface area contributed by atoms with Crippen LogP contribution in [0.3, 0.4) is 0 Å². The lowest BCUT2D eigenvalue weighted by atomic mass is 9.76. The van der Waals surface area contributed by atoms with Crippen molar-refractivity contribution in [2.24, 2.45) is 0 Å². The fourth-order valence-electron chi connectivity index (χ4n) is 2.19. The third kappa shape index (κ3) is 3.79. The Balaban J connectivity index is 2.68. The largest absolute Gasteiger partial charge is 0.383 e. The summed E-state index contributed by atoms with van der Waals surface area (Å²) in [5.74, 6) is 0. The molecule has 0 amide bonds. The number of hydrogen-bond donors (Lipinski definition) is 1. The molecule has 0 aliphatic carbocycles. The quantitative estimate of drug-likeness (QED) is 0.704. The Morgan fingerprint density at radius 1 is 1.35 bits per heavy atom. The van der Waals surface area contributed by atoms with Gasteiger partial charge in [0.1, 0.15) is 0 Å². The Bertz CT molecular complexity index is 296. The van der Waals surface area contributed by atoms with Gasteiger partial charge < -0.3 is 10.1 Å². The van der Waals surface area contributed by atoms with Crippen LogP contribution in [-0.2, 0) is 10.2 Å². The molecule has 0 bridgehead atoms. The van der Waals surface area contributed by atoms with Crippen molar-refractivity contribution in [1.29, 1.82) is 0 Å². The molecule has 0 aliphatic rings. The number of nitrogens with zero attached hydrogens (tertiary/aromatic N) is 1. The molecule has 1 aromatic rings. The van der Waals surface area contributed by atoms with Gasteiger partial charge in [0.15, 0.2) is 0 Å². The van der Waals surface area contributed by atoms with E-state index < -0.39 is 0 Å². The molecule has 96 valence electrons. The zero-order valence-electron chi connectivity index (χ0n) is 11.2. The predicted octanol–water partition coefficient (Wildman–Crippen LogP) is 2.38. The molecule has 0 aromatic carbocycles. The molecule has 0 fully saturated rings. The zero-order valence-corrected chi connectivity index (χ0v) is 11.2. The number of aromatic nitrogens is 1. The molecule has 0 spiro atoms. The highest BCUT2D eigenvalue weighted by molar-refractivity contribution is 5.22. The molecule has 1 N–H and O–H groups in total. The van der Waals surface area contributed by atoms with Crippen LogP contribution in [-0.4, -0.2) is 31.8 Å². The van der Waals surface area contributed by atoms with E-state index in [0.29, 0.717) is 0 Å². The summed E-state index contributed by atoms with van der Waals surface area (Å²) < 4.78 is 5.05. The standard InChI is InChI=1S/C14H24N2O/c1-4-14(5-2,12-16-9-10-17-3)13-7-6-8-15-11-13/h6-8,11,16H,4-5,9-10,12H2,1-3H3. The van der Waals surface area contributed by atoms with Crippen LogP contribution in [0.2, 0.25) is 0 Å². The van der Waals surface area contributed by atoms with Crippen molar-refractivity contribution in [3.05, 3.63) is 30.1 Å². The van der Waals surface area contributed by atoms with Crippen LogP contribution in [0.25, 0.3) is 0 Å². The minimum atomic E-state index is 0.196. The van der Waals surface area contributed by atoms with Crippen LogP contribution >= 0.6 is 0 Å². The summed E-state index contributed by atoms with van der Waals surface area (Å²) >= 11 is 0. The molecule has 1 rings (SSSR count). The van der Waals surface area contributed by atoms with Gasteiger partial charge in [0.05, 0.1) is 6.61 Å². The van der Waals surface area contributed by atoms with Gasteiger partial charge in [-0.15, -0.1) is 0 Å². The molecule has 17 heavy (non-hydrogen) atoms. The SMILES string of the molecule is CCC(CC)(CNCCOC)c1cccnc1. The first-order chi connectivity index (χ1) is 8.29. The Labute approximate surface area is 105 Å². The van der Waals surface area contributed by atoms with Crippen molar-refractivity contribution in [2.45, 2.75) is 32.1 Å². The van der Waals surface area contributed by atoms with Crippen molar-refractivity contribution in [3.63, 3.8) is 0 Å². The molecule has 1 heterocycles. The molecule has 0 atom stereocenters. The molecule has 0 saturated carbocycles. The van der Waals surface area contributed by atoms with Crippen molar-refractivity contribution in [2.75, 3.05) is 26.8 Å². The van der Waals surface area contributed by atoms with Crippen molar-refractivity contribution >= 4 is 0 Å². The smallest absolute Gasteiger partial charge is 0.0587 e. The van der Waals surface area contributed by atoms with Crippen LogP contribution in [0.15, 0.2) is 24.5 Å². The van der Waals surface area contributed by atoms with E-state index in [-0.39, 0.29) is 5.41 Å². The van der Waals surface area contributed by atoms with Crippen molar-refractivity contribution in [3.8, 4) is 0 Å². The summed E-state index contributed by atoms with van der Waals surface area (Å²) in [5, 5.41) is 3.47. The van der Waals surface area contributed by atoms with E-state index in [1.165, 1.54) is 5.56 Å². The number of hydrogen-bond acceptors (Lipinski definition) is 3. The second kappa shape index (κ2) is 7.41. The van der Waals surface area contributed by atoms with Gasteiger partial charge in [-0.05, 0) is 24.5 Å². The molecular weight excluding hydrogens is 212 g/mol. The number of rotatable bonds is 8. The number of ether oxygens (including phenoxy) is 1. The van der Waals surface area contributed by atoms with Gasteiger partial charge in [-0.2, -0.15) is 0 Å². The number of methoxy groups -OCH3 is 1. The van der Waals surface area contributed by atoms with Gasteiger partial charge >= 0.3 is 0 Å². The summed E-state index contributed by atoms with van der Waals surface area (Å²) in [6.07, 6.45) is 6.06. The third-order valence-electron chi connectivity index (χ3n) is 3.57. The van der Waals surface area contributed by atoms with Crippen LogP contribution in [0, 0.1) is 0 Å². The average Bonchev–Trinajstić information content (AvgIpc) is 2.41. The van der Waals surface area contributed by atoms with Crippen molar-refractivity contribution < 1.29 is 4.74 Å². The summed E-state index contributed by atoms with van der Waals surface area (Å²) in [6.45, 7) is 7.13. The fraction of sp³-hybridized carbons (Fsp3) is 0.643. The normalized spacial score (nSPS) is 11.7. The van der Waals surface area contributed by atoms with Gasteiger partial charge in [0.25, 0.3) is 0 Å². The highest BCUT2D eigenvalue weighted by atomic mass is 16.5. The Kier molecular flexibility index (Phi) is 6.16. The van der Waals surface area contributed by atoms with E-state index in [1.807, 2.05) is 18.5 Å². The van der Waals surface area contributed by atoms with Crippen molar-refractivity contribution in [1.82, 2.24) is 10.3 Å². The van der Waals surface area contributed by atoms with Gasteiger partial charge in [0.2, 0.25) is 0 Å². The molecule has 0 radical (unpaired) electrons.